The molecule has 0 bridgehead atoms. The minimum atomic E-state index is 0.545. The zero-order chi connectivity index (χ0) is 11.7. The molecule has 0 aromatic carbocycles. The number of fused-ring (bicyclic) bond motifs is 1. The Hall–Kier alpha value is -2.01. The first kappa shape index (κ1) is 10.2. The van der Waals surface area contributed by atoms with Gasteiger partial charge in [-0.2, -0.15) is 4.98 Å². The van der Waals surface area contributed by atoms with Gasteiger partial charge in [0.05, 0.1) is 17.8 Å². The number of anilines is 1. The van der Waals surface area contributed by atoms with Crippen molar-refractivity contribution in [3.05, 3.63) is 47.5 Å². The van der Waals surface area contributed by atoms with Crippen LogP contribution in [0.25, 0.3) is 5.65 Å². The largest absolute Gasteiger partial charge is 0.467 e. The van der Waals surface area contributed by atoms with Crippen LogP contribution < -0.4 is 5.32 Å². The zero-order valence-corrected chi connectivity index (χ0v) is 9.55. The molecule has 0 saturated heterocycles. The van der Waals surface area contributed by atoms with Crippen molar-refractivity contribution in [1.82, 2.24) is 14.6 Å². The van der Waals surface area contributed by atoms with Gasteiger partial charge in [0.2, 0.25) is 5.95 Å². The predicted molar refractivity (Wildman–Crippen MR) is 64.0 cm³/mol. The standard InChI is InChI=1S/C11H9ClN4O/c12-8-3-4-10-14-11(15-16(10)7-8)13-6-9-2-1-5-17-9/h1-5,7H,6H2,(H,13,15). The number of halogens is 1. The molecule has 3 heterocycles. The highest BCUT2D eigenvalue weighted by molar-refractivity contribution is 6.30. The van der Waals surface area contributed by atoms with Gasteiger partial charge in [-0.25, -0.2) is 4.52 Å². The molecular formula is C11H9ClN4O. The van der Waals surface area contributed by atoms with Crippen LogP contribution in [0.4, 0.5) is 5.95 Å². The highest BCUT2D eigenvalue weighted by Crippen LogP contribution is 2.12. The molecule has 5 nitrogen and oxygen atoms in total. The highest BCUT2D eigenvalue weighted by Gasteiger charge is 2.04. The maximum Gasteiger partial charge on any atom is 0.243 e. The predicted octanol–water partition coefficient (Wildman–Crippen LogP) is 2.59. The van der Waals surface area contributed by atoms with Crippen LogP contribution >= 0.6 is 11.6 Å². The van der Waals surface area contributed by atoms with Gasteiger partial charge < -0.3 is 9.73 Å². The lowest BCUT2D eigenvalue weighted by atomic mass is 10.4. The van der Waals surface area contributed by atoms with E-state index in [2.05, 4.69) is 15.4 Å². The van der Waals surface area contributed by atoms with E-state index < -0.39 is 0 Å². The lowest BCUT2D eigenvalue weighted by Crippen LogP contribution is -1.99. The average Bonchev–Trinajstić information content (AvgIpc) is 2.94. The Morgan fingerprint density at radius 1 is 1.35 bits per heavy atom. The van der Waals surface area contributed by atoms with E-state index in [0.717, 1.165) is 11.4 Å². The topological polar surface area (TPSA) is 55.4 Å². The van der Waals surface area contributed by atoms with Gasteiger partial charge in [-0.1, -0.05) is 11.6 Å². The second-order valence-electron chi connectivity index (χ2n) is 3.52. The minimum absolute atomic E-state index is 0.545. The molecule has 0 atom stereocenters. The van der Waals surface area contributed by atoms with Crippen molar-refractivity contribution in [1.29, 1.82) is 0 Å². The second-order valence-corrected chi connectivity index (χ2v) is 3.95. The van der Waals surface area contributed by atoms with E-state index in [1.54, 1.807) is 23.0 Å². The molecular weight excluding hydrogens is 240 g/mol. The van der Waals surface area contributed by atoms with E-state index in [1.165, 1.54) is 0 Å². The molecule has 0 unspecified atom stereocenters. The summed E-state index contributed by atoms with van der Waals surface area (Å²) in [6, 6.07) is 7.32. The summed E-state index contributed by atoms with van der Waals surface area (Å²) in [7, 11) is 0. The van der Waals surface area contributed by atoms with Crippen LogP contribution in [0.15, 0.2) is 41.1 Å². The number of hydrogen-bond acceptors (Lipinski definition) is 4. The first-order valence-electron chi connectivity index (χ1n) is 5.09. The molecule has 86 valence electrons. The van der Waals surface area contributed by atoms with Crippen molar-refractivity contribution in [3.8, 4) is 0 Å². The highest BCUT2D eigenvalue weighted by atomic mass is 35.5. The number of nitrogens with one attached hydrogen (secondary N) is 1. The first-order chi connectivity index (χ1) is 8.31. The smallest absolute Gasteiger partial charge is 0.243 e. The van der Waals surface area contributed by atoms with E-state index >= 15 is 0 Å². The molecule has 0 aliphatic carbocycles. The Morgan fingerprint density at radius 2 is 2.29 bits per heavy atom. The average molecular weight is 249 g/mol. The molecule has 17 heavy (non-hydrogen) atoms. The molecule has 6 heteroatoms. The fraction of sp³-hybridized carbons (Fsp3) is 0.0909. The van der Waals surface area contributed by atoms with Crippen molar-refractivity contribution in [3.63, 3.8) is 0 Å². The third-order valence-corrected chi connectivity index (χ3v) is 2.52. The van der Waals surface area contributed by atoms with E-state index in [-0.39, 0.29) is 0 Å². The van der Waals surface area contributed by atoms with Crippen LogP contribution in [0.3, 0.4) is 0 Å². The first-order valence-corrected chi connectivity index (χ1v) is 5.47. The molecule has 0 saturated carbocycles. The number of pyridine rings is 1. The summed E-state index contributed by atoms with van der Waals surface area (Å²) in [5, 5.41) is 7.94. The third-order valence-electron chi connectivity index (χ3n) is 2.30. The van der Waals surface area contributed by atoms with Gasteiger partial charge in [0, 0.05) is 6.20 Å². The lowest BCUT2D eigenvalue weighted by Gasteiger charge is -1.96. The van der Waals surface area contributed by atoms with Crippen LogP contribution in [-0.2, 0) is 6.54 Å². The Kier molecular flexibility index (Phi) is 2.45. The number of rotatable bonds is 3. The van der Waals surface area contributed by atoms with Crippen LogP contribution in [0.5, 0.6) is 0 Å². The van der Waals surface area contributed by atoms with E-state index in [0.29, 0.717) is 17.5 Å². The summed E-state index contributed by atoms with van der Waals surface area (Å²) < 4.78 is 6.83. The van der Waals surface area contributed by atoms with Crippen LogP contribution in [0, 0.1) is 0 Å². The van der Waals surface area contributed by atoms with Crippen molar-refractivity contribution in [2.24, 2.45) is 0 Å². The maximum absolute atomic E-state index is 5.86. The minimum Gasteiger partial charge on any atom is -0.467 e. The SMILES string of the molecule is Clc1ccc2nc(NCc3ccco3)nn2c1. The number of nitrogens with zero attached hydrogens (tertiary/aromatic N) is 3. The Bertz CT molecular complexity index is 632. The summed E-state index contributed by atoms with van der Waals surface area (Å²) >= 11 is 5.86. The number of furan rings is 1. The van der Waals surface area contributed by atoms with Crippen LogP contribution in [-0.4, -0.2) is 14.6 Å². The summed E-state index contributed by atoms with van der Waals surface area (Å²) in [4.78, 5) is 4.29. The Balaban J connectivity index is 1.81. The van der Waals surface area contributed by atoms with Crippen molar-refractivity contribution < 1.29 is 4.42 Å². The second kappa shape index (κ2) is 4.10. The quantitative estimate of drug-likeness (QED) is 0.774. The molecule has 1 N–H and O–H groups in total. The van der Waals surface area contributed by atoms with Gasteiger partial charge in [0.25, 0.3) is 0 Å². The van der Waals surface area contributed by atoms with Gasteiger partial charge in [-0.15, -0.1) is 5.10 Å². The summed E-state index contributed by atoms with van der Waals surface area (Å²) in [5.41, 5.74) is 0.747. The van der Waals surface area contributed by atoms with Crippen molar-refractivity contribution in [2.45, 2.75) is 6.54 Å². The van der Waals surface area contributed by atoms with Gasteiger partial charge in [0.1, 0.15) is 5.76 Å². The lowest BCUT2D eigenvalue weighted by molar-refractivity contribution is 0.517. The third kappa shape index (κ3) is 2.09. The molecule has 3 aromatic heterocycles. The zero-order valence-electron chi connectivity index (χ0n) is 8.80. The van der Waals surface area contributed by atoms with Gasteiger partial charge in [-0.05, 0) is 24.3 Å². The van der Waals surface area contributed by atoms with Crippen molar-refractivity contribution in [2.75, 3.05) is 5.32 Å². The fourth-order valence-corrected chi connectivity index (χ4v) is 1.67. The molecule has 0 spiro atoms. The molecule has 3 aromatic rings. The van der Waals surface area contributed by atoms with Gasteiger partial charge in [0.15, 0.2) is 5.65 Å². The van der Waals surface area contributed by atoms with Gasteiger partial charge >= 0.3 is 0 Å². The Morgan fingerprint density at radius 3 is 3.12 bits per heavy atom. The van der Waals surface area contributed by atoms with Crippen LogP contribution in [0.2, 0.25) is 5.02 Å². The van der Waals surface area contributed by atoms with E-state index in [1.807, 2.05) is 18.2 Å². The fourth-order valence-electron chi connectivity index (χ4n) is 1.51. The molecule has 0 radical (unpaired) electrons. The van der Waals surface area contributed by atoms with E-state index in [4.69, 9.17) is 16.0 Å². The van der Waals surface area contributed by atoms with Crippen LogP contribution in [0.1, 0.15) is 5.76 Å². The van der Waals surface area contributed by atoms with Gasteiger partial charge in [-0.3, -0.25) is 0 Å². The maximum atomic E-state index is 5.86. The van der Waals surface area contributed by atoms with Crippen molar-refractivity contribution >= 4 is 23.2 Å². The van der Waals surface area contributed by atoms with E-state index in [9.17, 15) is 0 Å². The normalized spacial score (nSPS) is 10.9. The molecule has 0 aliphatic rings. The summed E-state index contributed by atoms with van der Waals surface area (Å²) in [5.74, 6) is 1.38. The monoisotopic (exact) mass is 248 g/mol. The molecule has 0 amide bonds. The number of hydrogen-bond donors (Lipinski definition) is 1. The number of aromatic nitrogens is 3. The Labute approximate surface area is 102 Å². The molecule has 0 fully saturated rings. The molecule has 0 aliphatic heterocycles. The summed E-state index contributed by atoms with van der Waals surface area (Å²) in [6.45, 7) is 0.553. The summed E-state index contributed by atoms with van der Waals surface area (Å²) in [6.07, 6.45) is 3.34. The molecule has 3 rings (SSSR count).